The molecular formula is C12H10N4O3. The molecule has 0 fully saturated rings. The molecule has 1 aliphatic heterocycles. The lowest BCUT2D eigenvalue weighted by Crippen LogP contribution is -2.21. The molecule has 0 saturated carbocycles. The second-order valence-electron chi connectivity index (χ2n) is 4.61. The number of fused-ring (bicyclic) bond motifs is 1. The molecule has 0 atom stereocenters. The summed E-state index contributed by atoms with van der Waals surface area (Å²) >= 11 is 0. The third-order valence-electron chi connectivity index (χ3n) is 2.82. The monoisotopic (exact) mass is 258 g/mol. The van der Waals surface area contributed by atoms with E-state index in [1.54, 1.807) is 32.3 Å². The Balaban J connectivity index is 2.26. The molecule has 7 heteroatoms. The first-order chi connectivity index (χ1) is 8.99. The molecule has 2 aromatic rings. The summed E-state index contributed by atoms with van der Waals surface area (Å²) in [6.45, 7) is 3.36. The number of hydrogen-bond donors (Lipinski definition) is 1. The molecule has 0 amide bonds. The van der Waals surface area contributed by atoms with Crippen LogP contribution in [-0.2, 0) is 10.3 Å². The Morgan fingerprint density at radius 1 is 1.21 bits per heavy atom. The minimum atomic E-state index is -0.926. The molecule has 19 heavy (non-hydrogen) atoms. The lowest BCUT2D eigenvalue weighted by molar-refractivity contribution is 0.00830. The summed E-state index contributed by atoms with van der Waals surface area (Å²) in [4.78, 5) is 38.4. The van der Waals surface area contributed by atoms with Gasteiger partial charge in [0.2, 0.25) is 0 Å². The first-order valence-corrected chi connectivity index (χ1v) is 5.64. The van der Waals surface area contributed by atoms with Gasteiger partial charge < -0.3 is 9.72 Å². The van der Waals surface area contributed by atoms with Crippen LogP contribution in [0.5, 0.6) is 0 Å². The van der Waals surface area contributed by atoms with Gasteiger partial charge in [0.15, 0.2) is 17.2 Å². The molecule has 0 aromatic carbocycles. The number of nitrogens with one attached hydrogen (secondary N) is 1. The van der Waals surface area contributed by atoms with Crippen LogP contribution < -0.4 is 5.56 Å². The molecule has 0 unspecified atom stereocenters. The normalized spacial score (nSPS) is 16.0. The van der Waals surface area contributed by atoms with E-state index in [1.165, 1.54) is 0 Å². The Morgan fingerprint density at radius 3 is 2.58 bits per heavy atom. The Morgan fingerprint density at radius 2 is 1.89 bits per heavy atom. The smallest absolute Gasteiger partial charge is 0.346 e. The molecule has 3 rings (SSSR count). The van der Waals surface area contributed by atoms with Crippen LogP contribution in [0.2, 0.25) is 0 Å². The molecule has 1 N–H and O–H groups in total. The van der Waals surface area contributed by atoms with Crippen LogP contribution in [0.4, 0.5) is 0 Å². The maximum absolute atomic E-state index is 12.0. The highest BCUT2D eigenvalue weighted by Crippen LogP contribution is 2.32. The number of nitrogens with zero attached hydrogens (tertiary/aromatic N) is 3. The van der Waals surface area contributed by atoms with Crippen molar-refractivity contribution in [1.29, 1.82) is 0 Å². The van der Waals surface area contributed by atoms with E-state index in [2.05, 4.69) is 19.9 Å². The van der Waals surface area contributed by atoms with Gasteiger partial charge in [-0.1, -0.05) is 0 Å². The fourth-order valence-corrected chi connectivity index (χ4v) is 1.96. The fraction of sp³-hybridized carbons (Fsp3) is 0.250. The lowest BCUT2D eigenvalue weighted by Gasteiger charge is -2.16. The quantitative estimate of drug-likeness (QED) is 0.753. The third kappa shape index (κ3) is 1.70. The van der Waals surface area contributed by atoms with Crippen molar-refractivity contribution < 1.29 is 9.53 Å². The predicted molar refractivity (Wildman–Crippen MR) is 64.3 cm³/mol. The highest BCUT2D eigenvalue weighted by atomic mass is 16.6. The molecule has 2 aromatic heterocycles. The Kier molecular flexibility index (Phi) is 2.25. The average Bonchev–Trinajstić information content (AvgIpc) is 2.61. The SMILES string of the molecule is CC1(C)OC(=O)c2c1nc(-c1ncccn1)[nH]c2=O. The number of hydrogen-bond acceptors (Lipinski definition) is 6. The molecule has 0 aliphatic carbocycles. The largest absolute Gasteiger partial charge is 0.449 e. The average molecular weight is 258 g/mol. The van der Waals surface area contributed by atoms with Gasteiger partial charge >= 0.3 is 5.97 Å². The van der Waals surface area contributed by atoms with E-state index < -0.39 is 17.1 Å². The number of ether oxygens (including phenoxy) is 1. The highest BCUT2D eigenvalue weighted by molar-refractivity contribution is 5.93. The van der Waals surface area contributed by atoms with E-state index in [1.807, 2.05) is 0 Å². The summed E-state index contributed by atoms with van der Waals surface area (Å²) in [5.74, 6) is -0.150. The van der Waals surface area contributed by atoms with Crippen molar-refractivity contribution in [3.8, 4) is 11.6 Å². The molecule has 1 aliphatic rings. The maximum atomic E-state index is 12.0. The highest BCUT2D eigenvalue weighted by Gasteiger charge is 2.42. The van der Waals surface area contributed by atoms with Gasteiger partial charge in [-0.3, -0.25) is 4.79 Å². The van der Waals surface area contributed by atoms with Crippen LogP contribution in [0.3, 0.4) is 0 Å². The standard InChI is InChI=1S/C12H10N4O3/c1-12(2)7-6(11(18)19-12)10(17)16-9(15-7)8-13-4-3-5-14-8/h3-5H,1-2H3,(H,15,16,17). The van der Waals surface area contributed by atoms with Gasteiger partial charge in [0, 0.05) is 12.4 Å². The van der Waals surface area contributed by atoms with Gasteiger partial charge in [0.05, 0.1) is 0 Å². The lowest BCUT2D eigenvalue weighted by atomic mass is 10.0. The van der Waals surface area contributed by atoms with E-state index >= 15 is 0 Å². The van der Waals surface area contributed by atoms with Gasteiger partial charge in [-0.25, -0.2) is 19.7 Å². The number of cyclic esters (lactones) is 1. The molecule has 0 bridgehead atoms. The number of H-pyrrole nitrogens is 1. The number of aromatic nitrogens is 4. The second kappa shape index (κ2) is 3.71. The van der Waals surface area contributed by atoms with E-state index in [0.29, 0.717) is 5.69 Å². The predicted octanol–water partition coefficient (Wildman–Crippen LogP) is 0.632. The van der Waals surface area contributed by atoms with Gasteiger partial charge in [-0.15, -0.1) is 0 Å². The first kappa shape index (κ1) is 11.5. The number of esters is 1. The zero-order chi connectivity index (χ0) is 13.6. The van der Waals surface area contributed by atoms with Crippen molar-refractivity contribution in [2.45, 2.75) is 19.4 Å². The summed E-state index contributed by atoms with van der Waals surface area (Å²) in [5, 5.41) is 0. The van der Waals surface area contributed by atoms with Crippen LogP contribution >= 0.6 is 0 Å². The van der Waals surface area contributed by atoms with Crippen molar-refractivity contribution in [3.05, 3.63) is 40.1 Å². The van der Waals surface area contributed by atoms with E-state index in [-0.39, 0.29) is 17.2 Å². The van der Waals surface area contributed by atoms with Gasteiger partial charge in [-0.05, 0) is 19.9 Å². The Labute approximate surface area is 107 Å². The van der Waals surface area contributed by atoms with Crippen molar-refractivity contribution in [1.82, 2.24) is 19.9 Å². The van der Waals surface area contributed by atoms with Crippen molar-refractivity contribution in [3.63, 3.8) is 0 Å². The van der Waals surface area contributed by atoms with Crippen LogP contribution in [0.25, 0.3) is 11.6 Å². The number of rotatable bonds is 1. The molecule has 0 radical (unpaired) electrons. The Bertz CT molecular complexity index is 721. The van der Waals surface area contributed by atoms with Gasteiger partial charge in [0.25, 0.3) is 5.56 Å². The number of carbonyl (C=O) groups excluding carboxylic acids is 1. The van der Waals surface area contributed by atoms with Crippen LogP contribution in [0, 0.1) is 0 Å². The molecule has 7 nitrogen and oxygen atoms in total. The van der Waals surface area contributed by atoms with Crippen molar-refractivity contribution in [2.75, 3.05) is 0 Å². The summed E-state index contributed by atoms with van der Waals surface area (Å²) in [5.41, 5.74) is -1.21. The topological polar surface area (TPSA) is 97.8 Å². The van der Waals surface area contributed by atoms with Gasteiger partial charge in [-0.2, -0.15) is 0 Å². The number of carbonyl (C=O) groups is 1. The van der Waals surface area contributed by atoms with Crippen LogP contribution in [0.15, 0.2) is 23.3 Å². The summed E-state index contributed by atoms with van der Waals surface area (Å²) < 4.78 is 5.13. The summed E-state index contributed by atoms with van der Waals surface area (Å²) in [7, 11) is 0. The van der Waals surface area contributed by atoms with E-state index in [0.717, 1.165) is 0 Å². The molecule has 3 heterocycles. The minimum absolute atomic E-state index is 0.0512. The van der Waals surface area contributed by atoms with E-state index in [9.17, 15) is 9.59 Å². The van der Waals surface area contributed by atoms with Gasteiger partial charge in [0.1, 0.15) is 11.3 Å². The van der Waals surface area contributed by atoms with E-state index in [4.69, 9.17) is 4.74 Å². The zero-order valence-corrected chi connectivity index (χ0v) is 10.3. The molecule has 0 saturated heterocycles. The Hall–Kier alpha value is -2.57. The second-order valence-corrected chi connectivity index (χ2v) is 4.61. The minimum Gasteiger partial charge on any atom is -0.449 e. The molecule has 96 valence electrons. The maximum Gasteiger partial charge on any atom is 0.346 e. The summed E-state index contributed by atoms with van der Waals surface area (Å²) in [6.07, 6.45) is 3.09. The molecular weight excluding hydrogens is 248 g/mol. The summed E-state index contributed by atoms with van der Waals surface area (Å²) in [6, 6.07) is 1.66. The van der Waals surface area contributed by atoms with Crippen LogP contribution in [0.1, 0.15) is 29.9 Å². The first-order valence-electron chi connectivity index (χ1n) is 5.64. The van der Waals surface area contributed by atoms with Crippen LogP contribution in [-0.4, -0.2) is 25.9 Å². The van der Waals surface area contributed by atoms with Crippen molar-refractivity contribution in [2.24, 2.45) is 0 Å². The van der Waals surface area contributed by atoms with Crippen molar-refractivity contribution >= 4 is 5.97 Å². The molecule has 0 spiro atoms. The zero-order valence-electron chi connectivity index (χ0n) is 10.3. The number of aromatic amines is 1. The fourth-order valence-electron chi connectivity index (χ4n) is 1.96. The third-order valence-corrected chi connectivity index (χ3v) is 2.82.